The quantitative estimate of drug-likeness (QED) is 0.393. The summed E-state index contributed by atoms with van der Waals surface area (Å²) < 4.78 is 2.26. The minimum absolute atomic E-state index is 0.0168. The first-order chi connectivity index (χ1) is 17.6. The fraction of sp³-hybridized carbons (Fsp3) is 0.226. The number of hydrogen-bond donors (Lipinski definition) is 0. The summed E-state index contributed by atoms with van der Waals surface area (Å²) >= 11 is 0. The maximum Gasteiger partial charge on any atom is 0.179 e. The molecule has 0 radical (unpaired) electrons. The molecule has 5 heteroatoms. The first-order valence-corrected chi connectivity index (χ1v) is 12.4. The number of pyridine rings is 1. The van der Waals surface area contributed by atoms with Gasteiger partial charge in [-0.15, -0.1) is 0 Å². The van der Waals surface area contributed by atoms with Gasteiger partial charge in [0, 0.05) is 40.2 Å². The minimum Gasteiger partial charge on any atom is -0.296 e. The molecule has 2 heterocycles. The Kier molecular flexibility index (Phi) is 4.15. The van der Waals surface area contributed by atoms with E-state index in [0.717, 1.165) is 53.3 Å². The number of fused-ring (bicyclic) bond motifs is 2. The van der Waals surface area contributed by atoms with Gasteiger partial charge in [-0.3, -0.25) is 14.3 Å². The lowest BCUT2D eigenvalue weighted by molar-refractivity contribution is -0.122. The van der Waals surface area contributed by atoms with E-state index in [0.29, 0.717) is 0 Å². The number of nitrogens with zero attached hydrogens (tertiary/aromatic N) is 4. The molecule has 0 saturated heterocycles. The van der Waals surface area contributed by atoms with Crippen LogP contribution in [-0.4, -0.2) is 20.3 Å². The Morgan fingerprint density at radius 3 is 2.36 bits per heavy atom. The van der Waals surface area contributed by atoms with Crippen LogP contribution in [0.1, 0.15) is 36.7 Å². The summed E-state index contributed by atoms with van der Waals surface area (Å²) in [5.74, 6) is 0.837. The Balaban J connectivity index is 1.62. The van der Waals surface area contributed by atoms with Crippen LogP contribution in [-0.2, 0) is 16.6 Å². The Labute approximate surface area is 209 Å². The van der Waals surface area contributed by atoms with Gasteiger partial charge in [-0.2, -0.15) is 5.26 Å². The number of carbonyl (C=O) groups is 1. The van der Waals surface area contributed by atoms with E-state index in [9.17, 15) is 10.1 Å². The average molecular weight is 469 g/mol. The highest BCUT2D eigenvalue weighted by atomic mass is 16.1. The van der Waals surface area contributed by atoms with Gasteiger partial charge in [-0.05, 0) is 55.2 Å². The van der Waals surface area contributed by atoms with Crippen LogP contribution in [0.2, 0.25) is 0 Å². The first kappa shape index (κ1) is 21.0. The van der Waals surface area contributed by atoms with Crippen LogP contribution in [0.5, 0.6) is 0 Å². The number of benzene rings is 2. The summed E-state index contributed by atoms with van der Waals surface area (Å²) in [7, 11) is 0. The third-order valence-electron chi connectivity index (χ3n) is 8.89. The van der Waals surface area contributed by atoms with Crippen LogP contribution in [0.25, 0.3) is 17.1 Å². The number of rotatable bonds is 3. The van der Waals surface area contributed by atoms with Gasteiger partial charge in [0.1, 0.15) is 11.9 Å². The second-order valence-corrected chi connectivity index (χ2v) is 10.4. The van der Waals surface area contributed by atoms with Crippen LogP contribution in [0.15, 0.2) is 96.8 Å². The van der Waals surface area contributed by atoms with Crippen molar-refractivity contribution in [2.24, 2.45) is 10.8 Å². The molecule has 3 aliphatic rings. The Morgan fingerprint density at radius 1 is 0.972 bits per heavy atom. The molecule has 1 spiro atoms. The summed E-state index contributed by atoms with van der Waals surface area (Å²) in [6.45, 7) is 2.06. The van der Waals surface area contributed by atoms with E-state index in [1.807, 2.05) is 54.6 Å². The molecule has 174 valence electrons. The minimum atomic E-state index is -0.655. The number of carbonyl (C=O) groups excluding carboxylic acids is 1. The molecular weight excluding hydrogens is 444 g/mol. The van der Waals surface area contributed by atoms with E-state index in [1.54, 1.807) is 12.4 Å². The zero-order chi connectivity index (χ0) is 24.5. The van der Waals surface area contributed by atoms with Gasteiger partial charge in [-0.1, -0.05) is 55.5 Å². The lowest BCUT2D eigenvalue weighted by Gasteiger charge is -2.47. The smallest absolute Gasteiger partial charge is 0.179 e. The van der Waals surface area contributed by atoms with Crippen LogP contribution < -0.4 is 0 Å². The van der Waals surface area contributed by atoms with Crippen LogP contribution in [0.4, 0.5) is 0 Å². The summed E-state index contributed by atoms with van der Waals surface area (Å²) in [6.07, 6.45) is 7.97. The molecule has 3 aliphatic carbocycles. The highest BCUT2D eigenvalue weighted by Gasteiger charge is 2.80. The fourth-order valence-electron chi connectivity index (χ4n) is 7.17. The van der Waals surface area contributed by atoms with E-state index >= 15 is 0 Å². The largest absolute Gasteiger partial charge is 0.296 e. The monoisotopic (exact) mass is 468 g/mol. The molecule has 0 amide bonds. The van der Waals surface area contributed by atoms with Gasteiger partial charge < -0.3 is 0 Å². The molecule has 0 bridgehead atoms. The van der Waals surface area contributed by atoms with E-state index in [-0.39, 0.29) is 16.8 Å². The summed E-state index contributed by atoms with van der Waals surface area (Å²) in [6, 6.07) is 26.9. The highest BCUT2D eigenvalue weighted by molar-refractivity contribution is 6.08. The second-order valence-electron chi connectivity index (χ2n) is 10.4. The summed E-state index contributed by atoms with van der Waals surface area (Å²) in [5, 5.41) is 10.1. The zero-order valence-corrected chi connectivity index (χ0v) is 20.0. The summed E-state index contributed by atoms with van der Waals surface area (Å²) in [4.78, 5) is 23.1. The van der Waals surface area contributed by atoms with Crippen LogP contribution in [0.3, 0.4) is 0 Å². The molecule has 2 aromatic heterocycles. The number of Topliss-reactive ketones (excluding diaryl/α,β-unsaturated/α-hetero) is 1. The molecule has 5 nitrogen and oxygen atoms in total. The number of para-hydroxylation sites is 1. The van der Waals surface area contributed by atoms with Crippen LogP contribution >= 0.6 is 0 Å². The molecule has 2 aromatic carbocycles. The van der Waals surface area contributed by atoms with Crippen molar-refractivity contribution < 1.29 is 4.79 Å². The molecule has 3 atom stereocenters. The topological polar surface area (TPSA) is 71.6 Å². The second kappa shape index (κ2) is 7.11. The van der Waals surface area contributed by atoms with Crippen LogP contribution in [0, 0.1) is 22.2 Å². The molecule has 0 aliphatic heterocycles. The molecule has 4 aromatic rings. The van der Waals surface area contributed by atoms with Crippen molar-refractivity contribution >= 4 is 5.78 Å². The maximum atomic E-state index is 13.4. The van der Waals surface area contributed by atoms with Gasteiger partial charge >= 0.3 is 0 Å². The normalized spacial score (nSPS) is 27.8. The number of ketones is 1. The SMILES string of the molecule is C[C@@]12C[C@]13CCc1c(nc(-c4ccncc4)n1-c1ccccc1)[C@@]3(c1ccccc1)C=C(C#N)C2=O. The van der Waals surface area contributed by atoms with Crippen molar-refractivity contribution in [3.05, 3.63) is 114 Å². The summed E-state index contributed by atoms with van der Waals surface area (Å²) in [5.41, 5.74) is 3.96. The standard InChI is InChI=1S/C31H24N4O/c1-29-20-30(29)15-12-25-26(31(30,18-22(19-32)27(29)36)23-8-4-2-5-9-23)34-28(21-13-16-33-17-14-21)35(25)24-10-6-3-7-11-24/h2-11,13-14,16-18H,12,15,20H2,1H3/t29-,30+,31-/m0/s1. The average Bonchev–Trinajstić information content (AvgIpc) is 3.38. The van der Waals surface area contributed by atoms with Crippen molar-refractivity contribution in [1.29, 1.82) is 5.26 Å². The highest BCUT2D eigenvalue weighted by Crippen LogP contribution is 2.80. The number of aromatic nitrogens is 3. The lowest BCUT2D eigenvalue weighted by Crippen LogP contribution is -2.48. The van der Waals surface area contributed by atoms with Crippen molar-refractivity contribution in [2.75, 3.05) is 0 Å². The molecule has 36 heavy (non-hydrogen) atoms. The zero-order valence-electron chi connectivity index (χ0n) is 20.0. The molecule has 0 N–H and O–H groups in total. The molecule has 1 fully saturated rings. The molecule has 1 saturated carbocycles. The Morgan fingerprint density at radius 2 is 1.67 bits per heavy atom. The van der Waals surface area contributed by atoms with Gasteiger partial charge in [0.15, 0.2) is 5.78 Å². The fourth-order valence-corrected chi connectivity index (χ4v) is 7.17. The maximum absolute atomic E-state index is 13.4. The van der Waals surface area contributed by atoms with E-state index < -0.39 is 10.8 Å². The lowest BCUT2D eigenvalue weighted by atomic mass is 9.54. The van der Waals surface area contributed by atoms with Gasteiger partial charge in [0.25, 0.3) is 0 Å². The van der Waals surface area contributed by atoms with Crippen molar-refractivity contribution in [1.82, 2.24) is 14.5 Å². The van der Waals surface area contributed by atoms with E-state index in [4.69, 9.17) is 4.98 Å². The van der Waals surface area contributed by atoms with E-state index in [2.05, 4.69) is 46.8 Å². The molecular formula is C31H24N4O. The number of imidazole rings is 1. The predicted molar refractivity (Wildman–Crippen MR) is 136 cm³/mol. The molecule has 0 unspecified atom stereocenters. The van der Waals surface area contributed by atoms with Gasteiger partial charge in [0.05, 0.1) is 16.7 Å². The third kappa shape index (κ3) is 2.41. The third-order valence-corrected chi connectivity index (χ3v) is 8.89. The number of nitriles is 1. The van der Waals surface area contributed by atoms with Gasteiger partial charge in [0.2, 0.25) is 0 Å². The van der Waals surface area contributed by atoms with Crippen molar-refractivity contribution in [3.63, 3.8) is 0 Å². The number of hydrogen-bond acceptors (Lipinski definition) is 4. The van der Waals surface area contributed by atoms with E-state index in [1.165, 1.54) is 0 Å². The Hall–Kier alpha value is -4.30. The predicted octanol–water partition coefficient (Wildman–Crippen LogP) is 5.60. The van der Waals surface area contributed by atoms with Crippen molar-refractivity contribution in [3.8, 4) is 23.1 Å². The Bertz CT molecular complexity index is 1600. The molecule has 7 rings (SSSR count). The van der Waals surface area contributed by atoms with Gasteiger partial charge in [-0.25, -0.2) is 4.98 Å². The van der Waals surface area contributed by atoms with Crippen molar-refractivity contribution in [2.45, 2.75) is 31.6 Å². The first-order valence-electron chi connectivity index (χ1n) is 12.4. The number of allylic oxidation sites excluding steroid dienone is 2.